The molecule has 0 aliphatic carbocycles. The van der Waals surface area contributed by atoms with Gasteiger partial charge < -0.3 is 25.4 Å². The molecule has 0 bridgehead atoms. The Kier molecular flexibility index (Phi) is 10.3. The van der Waals surface area contributed by atoms with Crippen molar-refractivity contribution in [1.82, 2.24) is 9.88 Å². The van der Waals surface area contributed by atoms with Crippen LogP contribution in [0.25, 0.3) is 10.8 Å². The molecule has 0 saturated carbocycles. The first-order valence-electron chi connectivity index (χ1n) is 15.2. The zero-order valence-electron chi connectivity index (χ0n) is 26.9. The second kappa shape index (κ2) is 14.2. The van der Waals surface area contributed by atoms with Gasteiger partial charge in [-0.25, -0.2) is 18.2 Å². The lowest BCUT2D eigenvalue weighted by Gasteiger charge is -2.33. The van der Waals surface area contributed by atoms with Crippen LogP contribution >= 0.6 is 11.6 Å². The van der Waals surface area contributed by atoms with Crippen LogP contribution in [-0.2, 0) is 29.0 Å². The first kappa shape index (κ1) is 36.4. The molecule has 0 spiro atoms. The molecule has 11 nitrogen and oxygen atoms in total. The normalized spacial score (nSPS) is 17.1. The van der Waals surface area contributed by atoms with Crippen LogP contribution in [0.5, 0.6) is 5.75 Å². The second-order valence-electron chi connectivity index (χ2n) is 11.8. The number of ether oxygens (including phenoxy) is 2. The minimum Gasteiger partial charge on any atom is -0.495 e. The number of sulfone groups is 1. The van der Waals surface area contributed by atoms with Gasteiger partial charge >= 0.3 is 18.1 Å². The maximum atomic E-state index is 14.8. The fourth-order valence-corrected chi connectivity index (χ4v) is 7.39. The van der Waals surface area contributed by atoms with Crippen molar-refractivity contribution in [2.75, 3.05) is 24.7 Å². The van der Waals surface area contributed by atoms with E-state index in [1.165, 1.54) is 68.5 Å². The van der Waals surface area contributed by atoms with E-state index in [0.717, 1.165) is 0 Å². The van der Waals surface area contributed by atoms with Gasteiger partial charge in [0.05, 0.1) is 34.2 Å². The van der Waals surface area contributed by atoms with Crippen molar-refractivity contribution in [2.24, 2.45) is 5.92 Å². The summed E-state index contributed by atoms with van der Waals surface area (Å²) in [5.74, 6) is -5.97. The van der Waals surface area contributed by atoms with Gasteiger partial charge in [0, 0.05) is 23.8 Å². The lowest BCUT2D eigenvalue weighted by atomic mass is 9.93. The van der Waals surface area contributed by atoms with E-state index in [1.54, 1.807) is 30.3 Å². The number of carbonyl (C=O) groups excluding carboxylic acids is 3. The number of nitrogens with zero attached hydrogens (tertiary/aromatic N) is 2. The number of benzene rings is 3. The molecule has 1 aromatic heterocycles. The maximum absolute atomic E-state index is 14.8. The summed E-state index contributed by atoms with van der Waals surface area (Å²) in [4.78, 5) is 44.8. The minimum atomic E-state index is -5.47. The number of nitrogens with one attached hydrogen (secondary N) is 1. The largest absolute Gasteiger partial charge is 0.495 e. The van der Waals surface area contributed by atoms with Gasteiger partial charge in [0.15, 0.2) is 9.84 Å². The Morgan fingerprint density at radius 3 is 2.46 bits per heavy atom. The zero-order chi connectivity index (χ0) is 36.5. The quantitative estimate of drug-likeness (QED) is 0.154. The van der Waals surface area contributed by atoms with E-state index in [9.17, 15) is 36.0 Å². The van der Waals surface area contributed by atoms with Crippen LogP contribution in [0.3, 0.4) is 0 Å². The van der Waals surface area contributed by atoms with Crippen molar-refractivity contribution in [3.05, 3.63) is 89.1 Å². The van der Waals surface area contributed by atoms with Gasteiger partial charge in [-0.05, 0) is 79.2 Å². The Labute approximate surface area is 290 Å². The van der Waals surface area contributed by atoms with Crippen LogP contribution in [0.4, 0.5) is 24.7 Å². The summed E-state index contributed by atoms with van der Waals surface area (Å²) in [5.41, 5.74) is 6.81. The number of fused-ring (bicyclic) bond motifs is 1. The topological polar surface area (TPSA) is 158 Å². The Balaban J connectivity index is 1.64. The fraction of sp³-hybridized carbons (Fsp3) is 0.294. The molecule has 3 atom stereocenters. The number of likely N-dealkylation sites (tertiary alicyclic amines) is 1. The van der Waals surface area contributed by atoms with Crippen molar-refractivity contribution in [3.63, 3.8) is 0 Å². The number of halogens is 4. The molecule has 0 unspecified atom stereocenters. The van der Waals surface area contributed by atoms with Gasteiger partial charge in [-0.15, -0.1) is 0 Å². The Hall–Kier alpha value is -4.89. The van der Waals surface area contributed by atoms with Gasteiger partial charge in [-0.2, -0.15) is 13.2 Å². The third-order valence-electron chi connectivity index (χ3n) is 8.43. The number of pyridine rings is 1. The summed E-state index contributed by atoms with van der Waals surface area (Å²) in [7, 11) is -2.66. The van der Waals surface area contributed by atoms with Gasteiger partial charge in [0.2, 0.25) is 5.91 Å². The molecule has 3 N–H and O–H groups in total. The summed E-state index contributed by atoms with van der Waals surface area (Å²) in [6.45, 7) is 2.68. The molecular weight excluding hydrogens is 701 g/mol. The van der Waals surface area contributed by atoms with Crippen LogP contribution in [0.1, 0.15) is 43.5 Å². The SMILES string of the molecule is COc1cc([C@@H](Nc2ccc3c(N)nccc3c2)C(=O)N2CC[C@H](C(=O)OC(=O)C(F)(F)F)[C@@H]2c2ccccc2S(=O)(=O)C(C)C)ccc1Cl. The highest BCUT2D eigenvalue weighted by atomic mass is 35.5. The van der Waals surface area contributed by atoms with E-state index < -0.39 is 57.1 Å². The third kappa shape index (κ3) is 7.19. The molecule has 4 aromatic rings. The molecule has 264 valence electrons. The highest BCUT2D eigenvalue weighted by Crippen LogP contribution is 2.44. The highest BCUT2D eigenvalue weighted by molar-refractivity contribution is 7.92. The number of aromatic nitrogens is 1. The molecule has 1 aliphatic heterocycles. The molecule has 1 amide bonds. The number of nitrogens with two attached hydrogens (primary N) is 1. The summed E-state index contributed by atoms with van der Waals surface area (Å²) in [6.07, 6.45) is -4.19. The lowest BCUT2D eigenvalue weighted by molar-refractivity contribution is -0.203. The summed E-state index contributed by atoms with van der Waals surface area (Å²) in [5, 5.41) is 3.88. The van der Waals surface area contributed by atoms with Crippen LogP contribution in [0.2, 0.25) is 5.02 Å². The average molecular weight is 733 g/mol. The minimum absolute atomic E-state index is 0.0189. The van der Waals surface area contributed by atoms with Crippen molar-refractivity contribution in [3.8, 4) is 5.75 Å². The fourth-order valence-electron chi connectivity index (χ4n) is 5.90. The Morgan fingerprint density at radius 1 is 1.06 bits per heavy atom. The molecule has 3 aromatic carbocycles. The summed E-state index contributed by atoms with van der Waals surface area (Å²) in [6, 6.07) is 14.4. The van der Waals surface area contributed by atoms with Crippen molar-refractivity contribution >= 4 is 61.6 Å². The maximum Gasteiger partial charge on any atom is 0.491 e. The van der Waals surface area contributed by atoms with E-state index in [0.29, 0.717) is 27.8 Å². The number of anilines is 2. The van der Waals surface area contributed by atoms with E-state index in [-0.39, 0.29) is 34.2 Å². The van der Waals surface area contributed by atoms with Crippen molar-refractivity contribution in [2.45, 2.75) is 48.7 Å². The number of rotatable bonds is 9. The molecule has 16 heteroatoms. The number of hydrogen-bond donors (Lipinski definition) is 2. The molecule has 2 heterocycles. The number of methoxy groups -OCH3 is 1. The molecule has 50 heavy (non-hydrogen) atoms. The van der Waals surface area contributed by atoms with Crippen LogP contribution < -0.4 is 15.8 Å². The summed E-state index contributed by atoms with van der Waals surface area (Å²) < 4.78 is 76.1. The smallest absolute Gasteiger partial charge is 0.491 e. The zero-order valence-corrected chi connectivity index (χ0v) is 28.5. The second-order valence-corrected chi connectivity index (χ2v) is 14.7. The Bertz CT molecular complexity index is 2080. The van der Waals surface area contributed by atoms with E-state index in [2.05, 4.69) is 15.0 Å². The molecule has 1 aliphatic rings. The van der Waals surface area contributed by atoms with Gasteiger partial charge in [-0.1, -0.05) is 35.9 Å². The molecular formula is C34H32ClF3N4O7S. The van der Waals surface area contributed by atoms with E-state index >= 15 is 0 Å². The van der Waals surface area contributed by atoms with E-state index in [1.807, 2.05) is 0 Å². The molecule has 0 radical (unpaired) electrons. The highest BCUT2D eigenvalue weighted by Gasteiger charge is 2.49. The third-order valence-corrected chi connectivity index (χ3v) is 11.0. The predicted octanol–water partition coefficient (Wildman–Crippen LogP) is 6.04. The number of hydrogen-bond acceptors (Lipinski definition) is 10. The first-order valence-corrected chi connectivity index (χ1v) is 17.2. The standard InChI is InChI=1S/C34H32ClF3N4O7S/c1-18(2)50(46,47)27-7-5-4-6-23(27)29-24(32(44)49-33(45)34(36,37)38)13-15-42(29)31(43)28(20-8-11-25(35)26(17-20)48-3)41-21-9-10-22-19(16-21)12-14-40-30(22)39/h4-12,14,16-18,24,28-29,41H,13,15H2,1-3H3,(H2,39,40)/t24-,28+,29-/m0/s1. The number of esters is 2. The monoisotopic (exact) mass is 732 g/mol. The summed E-state index contributed by atoms with van der Waals surface area (Å²) >= 11 is 6.29. The Morgan fingerprint density at radius 2 is 1.78 bits per heavy atom. The molecule has 1 saturated heterocycles. The van der Waals surface area contributed by atoms with Crippen LogP contribution in [-0.4, -0.2) is 61.2 Å². The van der Waals surface area contributed by atoms with Crippen molar-refractivity contribution < 1.29 is 45.4 Å². The number of alkyl halides is 3. The van der Waals surface area contributed by atoms with Crippen LogP contribution in [0.15, 0.2) is 77.8 Å². The average Bonchev–Trinajstić information content (AvgIpc) is 3.52. The number of carbonyl (C=O) groups is 3. The number of amides is 1. The van der Waals surface area contributed by atoms with Gasteiger partial charge in [0.1, 0.15) is 17.6 Å². The first-order chi connectivity index (χ1) is 23.5. The van der Waals surface area contributed by atoms with E-state index in [4.69, 9.17) is 22.1 Å². The van der Waals surface area contributed by atoms with Gasteiger partial charge in [0.25, 0.3) is 0 Å². The number of nitrogen functional groups attached to an aromatic ring is 1. The molecule has 1 fully saturated rings. The predicted molar refractivity (Wildman–Crippen MR) is 179 cm³/mol. The lowest BCUT2D eigenvalue weighted by Crippen LogP contribution is -2.40. The molecule has 5 rings (SSSR count). The van der Waals surface area contributed by atoms with Crippen molar-refractivity contribution in [1.29, 1.82) is 0 Å². The van der Waals surface area contributed by atoms with Gasteiger partial charge in [-0.3, -0.25) is 9.59 Å². The van der Waals surface area contributed by atoms with Crippen LogP contribution in [0, 0.1) is 5.92 Å².